The van der Waals surface area contributed by atoms with Crippen molar-refractivity contribution >= 4 is 11.6 Å². The fourth-order valence-electron chi connectivity index (χ4n) is 3.01. The molecule has 4 heteroatoms. The summed E-state index contributed by atoms with van der Waals surface area (Å²) in [7, 11) is 0. The monoisotopic (exact) mass is 345 g/mol. The van der Waals surface area contributed by atoms with Gasteiger partial charge in [0, 0.05) is 23.0 Å². The van der Waals surface area contributed by atoms with Crippen LogP contribution in [0.5, 0.6) is 5.75 Å². The van der Waals surface area contributed by atoms with E-state index in [2.05, 4.69) is 17.4 Å². The van der Waals surface area contributed by atoms with Gasteiger partial charge in [0.1, 0.15) is 11.9 Å². The largest absolute Gasteiger partial charge is 0.487 e. The normalized spacial score (nSPS) is 18.5. The maximum absolute atomic E-state index is 6.30. The van der Waals surface area contributed by atoms with E-state index in [0.29, 0.717) is 19.1 Å². The molecule has 0 bridgehead atoms. The molecule has 0 aliphatic carbocycles. The molecule has 2 aromatic carbocycles. The van der Waals surface area contributed by atoms with Crippen molar-refractivity contribution < 1.29 is 9.47 Å². The van der Waals surface area contributed by atoms with Gasteiger partial charge in [-0.3, -0.25) is 0 Å². The third kappa shape index (κ3) is 4.50. The molecule has 1 aliphatic rings. The van der Waals surface area contributed by atoms with Crippen molar-refractivity contribution in [2.24, 2.45) is 5.92 Å². The molecule has 1 N–H and O–H groups in total. The maximum Gasteiger partial charge on any atom is 0.126 e. The highest BCUT2D eigenvalue weighted by Crippen LogP contribution is 2.28. The minimum Gasteiger partial charge on any atom is -0.487 e. The summed E-state index contributed by atoms with van der Waals surface area (Å²) in [5, 5.41) is 4.15. The van der Waals surface area contributed by atoms with E-state index in [1.54, 1.807) is 0 Å². The summed E-state index contributed by atoms with van der Waals surface area (Å²) in [6.45, 7) is 5.19. The van der Waals surface area contributed by atoms with Crippen molar-refractivity contribution in [3.05, 3.63) is 64.7 Å². The van der Waals surface area contributed by atoms with E-state index in [1.165, 1.54) is 5.56 Å². The summed E-state index contributed by atoms with van der Waals surface area (Å²) in [6, 6.07) is 16.0. The van der Waals surface area contributed by atoms with Crippen LogP contribution in [0, 0.1) is 12.8 Å². The molecule has 0 radical (unpaired) electrons. The predicted octanol–water partition coefficient (Wildman–Crippen LogP) is 4.22. The van der Waals surface area contributed by atoms with Gasteiger partial charge in [-0.05, 0) is 37.6 Å². The zero-order chi connectivity index (χ0) is 16.8. The highest BCUT2D eigenvalue weighted by atomic mass is 35.5. The Bertz CT molecular complexity index is 641. The van der Waals surface area contributed by atoms with Crippen molar-refractivity contribution in [2.45, 2.75) is 26.1 Å². The third-order valence-corrected chi connectivity index (χ3v) is 4.92. The van der Waals surface area contributed by atoms with Gasteiger partial charge < -0.3 is 14.8 Å². The number of ether oxygens (including phenoxy) is 2. The van der Waals surface area contributed by atoms with E-state index < -0.39 is 0 Å². The van der Waals surface area contributed by atoms with Crippen LogP contribution in [-0.2, 0) is 11.3 Å². The van der Waals surface area contributed by atoms with Gasteiger partial charge in [-0.25, -0.2) is 0 Å². The highest BCUT2D eigenvalue weighted by Gasteiger charge is 2.27. The first-order valence-corrected chi connectivity index (χ1v) is 8.86. The lowest BCUT2D eigenvalue weighted by Gasteiger charge is -2.25. The van der Waals surface area contributed by atoms with Gasteiger partial charge >= 0.3 is 0 Å². The highest BCUT2D eigenvalue weighted by molar-refractivity contribution is 6.31. The Labute approximate surface area is 148 Å². The Morgan fingerprint density at radius 1 is 1.17 bits per heavy atom. The fourth-order valence-corrected chi connectivity index (χ4v) is 3.17. The zero-order valence-electron chi connectivity index (χ0n) is 14.0. The van der Waals surface area contributed by atoms with Crippen LogP contribution in [0.2, 0.25) is 5.02 Å². The standard InChI is InChI=1S/C20H24ClNO2/c1-15-18(21)8-5-9-19(15)24-20(17-10-11-22-12-17)14-23-13-16-6-3-2-4-7-16/h2-9,17,20,22H,10-14H2,1H3/t17?,20-/m0/s1. The third-order valence-electron chi connectivity index (χ3n) is 4.51. The number of hydrogen-bond acceptors (Lipinski definition) is 3. The SMILES string of the molecule is Cc1c(Cl)cccc1O[C@@H](COCc1ccccc1)C1CCNC1. The second-order valence-electron chi connectivity index (χ2n) is 6.27. The van der Waals surface area contributed by atoms with Crippen LogP contribution in [0.15, 0.2) is 48.5 Å². The van der Waals surface area contributed by atoms with Crippen LogP contribution in [0.3, 0.4) is 0 Å². The second kappa shape index (κ2) is 8.52. The van der Waals surface area contributed by atoms with Gasteiger partial charge in [-0.1, -0.05) is 48.0 Å². The topological polar surface area (TPSA) is 30.5 Å². The number of halogens is 1. The molecule has 128 valence electrons. The number of benzene rings is 2. The summed E-state index contributed by atoms with van der Waals surface area (Å²) < 4.78 is 12.2. The van der Waals surface area contributed by atoms with Crippen LogP contribution in [0.25, 0.3) is 0 Å². The van der Waals surface area contributed by atoms with Crippen molar-refractivity contribution in [3.8, 4) is 5.75 Å². The second-order valence-corrected chi connectivity index (χ2v) is 6.68. The quantitative estimate of drug-likeness (QED) is 0.815. The first kappa shape index (κ1) is 17.3. The average Bonchev–Trinajstić information content (AvgIpc) is 3.13. The average molecular weight is 346 g/mol. The zero-order valence-corrected chi connectivity index (χ0v) is 14.8. The molecule has 1 aliphatic heterocycles. The van der Waals surface area contributed by atoms with E-state index in [4.69, 9.17) is 21.1 Å². The Morgan fingerprint density at radius 3 is 2.75 bits per heavy atom. The Kier molecular flexibility index (Phi) is 6.13. The van der Waals surface area contributed by atoms with E-state index in [-0.39, 0.29) is 6.10 Å². The van der Waals surface area contributed by atoms with E-state index in [9.17, 15) is 0 Å². The van der Waals surface area contributed by atoms with Crippen LogP contribution in [-0.4, -0.2) is 25.8 Å². The summed E-state index contributed by atoms with van der Waals surface area (Å²) in [5.41, 5.74) is 2.16. The summed E-state index contributed by atoms with van der Waals surface area (Å²) >= 11 is 6.22. The molecule has 0 aromatic heterocycles. The van der Waals surface area contributed by atoms with Gasteiger partial charge in [0.15, 0.2) is 0 Å². The molecule has 0 spiro atoms. The van der Waals surface area contributed by atoms with Gasteiger partial charge in [0.05, 0.1) is 13.2 Å². The number of rotatable bonds is 7. The molecule has 2 atom stereocenters. The van der Waals surface area contributed by atoms with Crippen LogP contribution < -0.4 is 10.1 Å². The Morgan fingerprint density at radius 2 is 2.00 bits per heavy atom. The molecule has 3 rings (SSSR count). The van der Waals surface area contributed by atoms with Crippen LogP contribution >= 0.6 is 11.6 Å². The Balaban J connectivity index is 1.63. The summed E-state index contributed by atoms with van der Waals surface area (Å²) in [4.78, 5) is 0. The number of nitrogens with one attached hydrogen (secondary N) is 1. The fraction of sp³-hybridized carbons (Fsp3) is 0.400. The van der Waals surface area contributed by atoms with E-state index in [0.717, 1.165) is 35.8 Å². The molecule has 3 nitrogen and oxygen atoms in total. The molecule has 1 fully saturated rings. The summed E-state index contributed by atoms with van der Waals surface area (Å²) in [5.74, 6) is 1.31. The first-order chi connectivity index (χ1) is 11.7. The molecule has 1 unspecified atom stereocenters. The van der Waals surface area contributed by atoms with Crippen LogP contribution in [0.4, 0.5) is 0 Å². The molecular weight excluding hydrogens is 322 g/mol. The Hall–Kier alpha value is -1.55. The molecule has 0 saturated carbocycles. The van der Waals surface area contributed by atoms with Gasteiger partial charge in [0.25, 0.3) is 0 Å². The van der Waals surface area contributed by atoms with Crippen molar-refractivity contribution in [1.29, 1.82) is 0 Å². The molecule has 0 amide bonds. The van der Waals surface area contributed by atoms with Crippen molar-refractivity contribution in [1.82, 2.24) is 5.32 Å². The molecule has 24 heavy (non-hydrogen) atoms. The van der Waals surface area contributed by atoms with Gasteiger partial charge in [-0.15, -0.1) is 0 Å². The van der Waals surface area contributed by atoms with E-state index in [1.807, 2.05) is 43.3 Å². The lowest BCUT2D eigenvalue weighted by molar-refractivity contribution is 0.0162. The predicted molar refractivity (Wildman–Crippen MR) is 97.7 cm³/mol. The molecule has 1 heterocycles. The van der Waals surface area contributed by atoms with Crippen molar-refractivity contribution in [3.63, 3.8) is 0 Å². The van der Waals surface area contributed by atoms with Crippen molar-refractivity contribution in [2.75, 3.05) is 19.7 Å². The first-order valence-electron chi connectivity index (χ1n) is 8.48. The lowest BCUT2D eigenvalue weighted by atomic mass is 10.0. The minimum atomic E-state index is 0.0286. The van der Waals surface area contributed by atoms with E-state index >= 15 is 0 Å². The summed E-state index contributed by atoms with van der Waals surface area (Å²) in [6.07, 6.45) is 1.14. The lowest BCUT2D eigenvalue weighted by Crippen LogP contribution is -2.33. The smallest absolute Gasteiger partial charge is 0.126 e. The maximum atomic E-state index is 6.30. The number of hydrogen-bond donors (Lipinski definition) is 1. The molecule has 1 saturated heterocycles. The van der Waals surface area contributed by atoms with Gasteiger partial charge in [0.2, 0.25) is 0 Å². The molecular formula is C20H24ClNO2. The molecule has 2 aromatic rings. The minimum absolute atomic E-state index is 0.0286. The van der Waals surface area contributed by atoms with Gasteiger partial charge in [-0.2, -0.15) is 0 Å². The van der Waals surface area contributed by atoms with Crippen LogP contribution in [0.1, 0.15) is 17.5 Å².